The molecule has 1 aliphatic heterocycles. The molecule has 2 rings (SSSR count). The van der Waals surface area contributed by atoms with Crippen LogP contribution in [0.2, 0.25) is 0 Å². The highest BCUT2D eigenvalue weighted by Crippen LogP contribution is 2.23. The second-order valence-corrected chi connectivity index (χ2v) is 5.05. The minimum atomic E-state index is -0.885. The highest BCUT2D eigenvalue weighted by molar-refractivity contribution is 5.80. The van der Waals surface area contributed by atoms with Crippen LogP contribution in [-0.2, 0) is 20.7 Å². The van der Waals surface area contributed by atoms with Crippen LogP contribution in [0.3, 0.4) is 0 Å². The van der Waals surface area contributed by atoms with Gasteiger partial charge in [-0.1, -0.05) is 30.3 Å². The molecule has 0 radical (unpaired) electrons. The first-order chi connectivity index (χ1) is 9.60. The molecule has 1 N–H and O–H groups in total. The number of benzene rings is 1. The molecule has 2 atom stereocenters. The van der Waals surface area contributed by atoms with Crippen molar-refractivity contribution in [3.63, 3.8) is 0 Å². The molecule has 1 heterocycles. The van der Waals surface area contributed by atoms with Crippen molar-refractivity contribution in [3.8, 4) is 0 Å². The van der Waals surface area contributed by atoms with Crippen molar-refractivity contribution < 1.29 is 19.4 Å². The van der Waals surface area contributed by atoms with Crippen molar-refractivity contribution in [2.24, 2.45) is 0 Å². The van der Waals surface area contributed by atoms with Crippen LogP contribution < -0.4 is 0 Å². The molecule has 1 saturated heterocycles. The van der Waals surface area contributed by atoms with Gasteiger partial charge in [0.15, 0.2) is 0 Å². The van der Waals surface area contributed by atoms with Crippen LogP contribution in [0.1, 0.15) is 18.4 Å². The summed E-state index contributed by atoms with van der Waals surface area (Å²) in [6.45, 7) is 0.472. The van der Waals surface area contributed by atoms with Gasteiger partial charge in [0, 0.05) is 19.7 Å². The van der Waals surface area contributed by atoms with Gasteiger partial charge in [0.2, 0.25) is 5.91 Å². The molecular weight excluding hydrogens is 258 g/mol. The molecule has 1 aromatic rings. The number of likely N-dealkylation sites (tertiary alicyclic amines) is 1. The molecule has 1 amide bonds. The fraction of sp³-hybridized carbons (Fsp3) is 0.467. The van der Waals surface area contributed by atoms with Crippen LogP contribution in [0.5, 0.6) is 0 Å². The number of nitrogens with zero attached hydrogens (tertiary/aromatic N) is 1. The Morgan fingerprint density at radius 1 is 1.35 bits per heavy atom. The minimum absolute atomic E-state index is 0.0274. The van der Waals surface area contributed by atoms with E-state index in [9.17, 15) is 9.59 Å². The van der Waals surface area contributed by atoms with Crippen LogP contribution >= 0.6 is 0 Å². The molecule has 0 spiro atoms. The smallest absolute Gasteiger partial charge is 0.305 e. The van der Waals surface area contributed by atoms with Gasteiger partial charge in [0.25, 0.3) is 0 Å². The molecule has 20 heavy (non-hydrogen) atoms. The predicted molar refractivity (Wildman–Crippen MR) is 73.3 cm³/mol. The lowest BCUT2D eigenvalue weighted by atomic mass is 10.1. The zero-order valence-electron chi connectivity index (χ0n) is 11.5. The highest BCUT2D eigenvalue weighted by atomic mass is 16.5. The third kappa shape index (κ3) is 3.57. The first-order valence-electron chi connectivity index (χ1n) is 6.68. The first-order valence-corrected chi connectivity index (χ1v) is 6.68. The van der Waals surface area contributed by atoms with E-state index in [1.165, 1.54) is 0 Å². The standard InChI is InChI=1S/C15H19NO4/c1-20-13-8-12(9-15(18)19)16(10-13)14(17)7-11-5-3-2-4-6-11/h2-6,12-13H,7-10H2,1H3,(H,18,19). The Bertz CT molecular complexity index is 474. The van der Waals surface area contributed by atoms with Crippen molar-refractivity contribution in [1.29, 1.82) is 0 Å². The van der Waals surface area contributed by atoms with Gasteiger partial charge in [-0.2, -0.15) is 0 Å². The fourth-order valence-electron chi connectivity index (χ4n) is 2.62. The largest absolute Gasteiger partial charge is 0.481 e. The van der Waals surface area contributed by atoms with E-state index in [4.69, 9.17) is 9.84 Å². The number of methoxy groups -OCH3 is 1. The molecule has 1 aliphatic rings. The Balaban J connectivity index is 2.04. The molecule has 1 fully saturated rings. The Morgan fingerprint density at radius 3 is 2.65 bits per heavy atom. The number of carboxylic acids is 1. The highest BCUT2D eigenvalue weighted by Gasteiger charge is 2.36. The van der Waals surface area contributed by atoms with Crippen LogP contribution in [0.25, 0.3) is 0 Å². The van der Waals surface area contributed by atoms with Crippen LogP contribution in [0, 0.1) is 0 Å². The maximum absolute atomic E-state index is 12.3. The van der Waals surface area contributed by atoms with Crippen LogP contribution in [0.4, 0.5) is 0 Å². The molecule has 1 aromatic carbocycles. The Morgan fingerprint density at radius 2 is 2.05 bits per heavy atom. The second kappa shape index (κ2) is 6.52. The van der Waals surface area contributed by atoms with Gasteiger partial charge in [0.1, 0.15) is 0 Å². The summed E-state index contributed by atoms with van der Waals surface area (Å²) in [5.74, 6) is -0.925. The van der Waals surface area contributed by atoms with E-state index < -0.39 is 5.97 Å². The lowest BCUT2D eigenvalue weighted by Crippen LogP contribution is -2.38. The van der Waals surface area contributed by atoms with E-state index in [-0.39, 0.29) is 24.5 Å². The van der Waals surface area contributed by atoms with Crippen molar-refractivity contribution in [2.45, 2.75) is 31.4 Å². The number of ether oxygens (including phenoxy) is 1. The molecule has 5 heteroatoms. The quantitative estimate of drug-likeness (QED) is 0.881. The zero-order chi connectivity index (χ0) is 14.5. The number of carboxylic acid groups (broad SMARTS) is 1. The summed E-state index contributed by atoms with van der Waals surface area (Å²) in [5.41, 5.74) is 0.937. The maximum atomic E-state index is 12.3. The number of carbonyl (C=O) groups excluding carboxylic acids is 1. The van der Waals surface area contributed by atoms with E-state index >= 15 is 0 Å². The predicted octanol–water partition coefficient (Wildman–Crippen LogP) is 1.32. The van der Waals surface area contributed by atoms with Crippen LogP contribution in [0.15, 0.2) is 30.3 Å². The molecule has 2 unspecified atom stereocenters. The summed E-state index contributed by atoms with van der Waals surface area (Å²) in [6.07, 6.45) is 0.788. The number of amides is 1. The van der Waals surface area contributed by atoms with Gasteiger partial charge >= 0.3 is 5.97 Å². The number of aliphatic carboxylic acids is 1. The van der Waals surface area contributed by atoms with Crippen molar-refractivity contribution >= 4 is 11.9 Å². The molecule has 0 bridgehead atoms. The molecule has 0 saturated carbocycles. The second-order valence-electron chi connectivity index (χ2n) is 5.05. The van der Waals surface area contributed by atoms with E-state index in [0.29, 0.717) is 19.4 Å². The Labute approximate surface area is 118 Å². The summed E-state index contributed by atoms with van der Waals surface area (Å²) in [7, 11) is 1.59. The van der Waals surface area contributed by atoms with Crippen molar-refractivity contribution in [1.82, 2.24) is 4.90 Å². The average molecular weight is 277 g/mol. The average Bonchev–Trinajstić information content (AvgIpc) is 2.82. The fourth-order valence-corrected chi connectivity index (χ4v) is 2.62. The number of hydrogen-bond acceptors (Lipinski definition) is 3. The number of hydrogen-bond donors (Lipinski definition) is 1. The summed E-state index contributed by atoms with van der Waals surface area (Å²) in [6, 6.07) is 9.20. The molecule has 0 aromatic heterocycles. The third-order valence-electron chi connectivity index (χ3n) is 3.64. The van der Waals surface area contributed by atoms with Gasteiger partial charge in [-0.3, -0.25) is 9.59 Å². The maximum Gasteiger partial charge on any atom is 0.305 e. The zero-order valence-corrected chi connectivity index (χ0v) is 11.5. The van der Waals surface area contributed by atoms with E-state index in [1.807, 2.05) is 30.3 Å². The van der Waals surface area contributed by atoms with E-state index in [2.05, 4.69) is 0 Å². The summed E-state index contributed by atoms with van der Waals surface area (Å²) in [5, 5.41) is 8.94. The van der Waals surface area contributed by atoms with Gasteiger partial charge in [-0.05, 0) is 12.0 Å². The minimum Gasteiger partial charge on any atom is -0.481 e. The summed E-state index contributed by atoms with van der Waals surface area (Å²) >= 11 is 0. The van der Waals surface area contributed by atoms with Crippen molar-refractivity contribution in [2.75, 3.05) is 13.7 Å². The van der Waals surface area contributed by atoms with Gasteiger partial charge in [0.05, 0.1) is 18.9 Å². The van der Waals surface area contributed by atoms with E-state index in [1.54, 1.807) is 12.0 Å². The summed E-state index contributed by atoms with van der Waals surface area (Å²) in [4.78, 5) is 24.9. The molecule has 108 valence electrons. The first kappa shape index (κ1) is 14.5. The topological polar surface area (TPSA) is 66.8 Å². The lowest BCUT2D eigenvalue weighted by Gasteiger charge is -2.23. The molecular formula is C15H19NO4. The Kier molecular flexibility index (Phi) is 4.74. The normalized spacial score (nSPS) is 21.9. The molecule has 5 nitrogen and oxygen atoms in total. The monoisotopic (exact) mass is 277 g/mol. The number of carbonyl (C=O) groups is 2. The van der Waals surface area contributed by atoms with Crippen molar-refractivity contribution in [3.05, 3.63) is 35.9 Å². The SMILES string of the molecule is COC1CC(CC(=O)O)N(C(=O)Cc2ccccc2)C1. The van der Waals surface area contributed by atoms with Crippen LogP contribution in [-0.4, -0.2) is 47.7 Å². The third-order valence-corrected chi connectivity index (χ3v) is 3.64. The summed E-state index contributed by atoms with van der Waals surface area (Å²) < 4.78 is 5.27. The lowest BCUT2D eigenvalue weighted by molar-refractivity contribution is -0.139. The number of rotatable bonds is 5. The Hall–Kier alpha value is -1.88. The molecule has 0 aliphatic carbocycles. The van der Waals surface area contributed by atoms with Gasteiger partial charge in [-0.15, -0.1) is 0 Å². The van der Waals surface area contributed by atoms with Gasteiger partial charge in [-0.25, -0.2) is 0 Å². The van der Waals surface area contributed by atoms with Gasteiger partial charge < -0.3 is 14.7 Å². The van der Waals surface area contributed by atoms with E-state index in [0.717, 1.165) is 5.56 Å².